The fourth-order valence-electron chi connectivity index (χ4n) is 4.72. The van der Waals surface area contributed by atoms with Crippen molar-refractivity contribution < 1.29 is 32.8 Å². The molecule has 2 aromatic carbocycles. The van der Waals surface area contributed by atoms with Crippen LogP contribution in [0.15, 0.2) is 93.4 Å². The maximum atomic E-state index is 13.7. The lowest BCUT2D eigenvalue weighted by atomic mass is 9.92. The van der Waals surface area contributed by atoms with Crippen LogP contribution in [0, 0.1) is 17.0 Å². The number of hydrogen-bond donors (Lipinski definition) is 2. The Labute approximate surface area is 249 Å². The van der Waals surface area contributed by atoms with Gasteiger partial charge >= 0.3 is 0 Å². The number of carbonyl (C=O) groups excluding carboxylic acids is 3. The molecule has 0 fully saturated rings. The van der Waals surface area contributed by atoms with Crippen molar-refractivity contribution in [1.82, 2.24) is 10.3 Å². The molecule has 0 spiro atoms. The van der Waals surface area contributed by atoms with Crippen molar-refractivity contribution in [2.75, 3.05) is 11.9 Å². The molecule has 3 aromatic rings. The van der Waals surface area contributed by atoms with Crippen molar-refractivity contribution in [1.29, 1.82) is 0 Å². The van der Waals surface area contributed by atoms with Crippen molar-refractivity contribution in [2.24, 2.45) is 0 Å². The number of aliphatic hydroxyl groups is 1. The first-order chi connectivity index (χ1) is 20.4. The summed E-state index contributed by atoms with van der Waals surface area (Å²) in [6.45, 7) is 1.84. The molecule has 220 valence electrons. The fourth-order valence-corrected chi connectivity index (χ4v) is 7.34. The third kappa shape index (κ3) is 5.37. The summed E-state index contributed by atoms with van der Waals surface area (Å²) in [5.74, 6) is -2.74. The van der Waals surface area contributed by atoms with Gasteiger partial charge in [0.05, 0.1) is 22.7 Å². The normalized spacial score (nSPS) is 18.5. The average molecular weight is 621 g/mol. The zero-order valence-electron chi connectivity index (χ0n) is 22.8. The van der Waals surface area contributed by atoms with Crippen LogP contribution in [0.25, 0.3) is 0 Å². The molecule has 5 rings (SSSR count). The molecule has 0 saturated heterocycles. The van der Waals surface area contributed by atoms with Crippen molar-refractivity contribution in [3.63, 3.8) is 0 Å². The third-order valence-electron chi connectivity index (χ3n) is 7.05. The highest BCUT2D eigenvalue weighted by atomic mass is 32.2. The van der Waals surface area contributed by atoms with E-state index in [1.165, 1.54) is 43.5 Å². The number of nitrogens with one attached hydrogen (secondary N) is 1. The summed E-state index contributed by atoms with van der Waals surface area (Å²) in [4.78, 5) is 54.9. The number of amides is 2. The van der Waals surface area contributed by atoms with Gasteiger partial charge in [0.25, 0.3) is 11.8 Å². The minimum absolute atomic E-state index is 0.106. The van der Waals surface area contributed by atoms with Gasteiger partial charge in [0.15, 0.2) is 16.7 Å². The number of hydrogen-bond acceptors (Lipinski definition) is 10. The van der Waals surface area contributed by atoms with Crippen molar-refractivity contribution in [2.45, 2.75) is 29.6 Å². The molecule has 14 heteroatoms. The number of Topliss-reactive ketones (excluding diaryl/α,β-unsaturated/α-hetero) is 1. The minimum Gasteiger partial charge on any atom is -0.503 e. The Hall–Kier alpha value is -4.95. The number of nitro groups is 1. The molecule has 2 heterocycles. The average Bonchev–Trinajstić information content (AvgIpc) is 3.60. The number of allylic oxidation sites excluding steroid dienone is 1. The Morgan fingerprint density at radius 1 is 1.12 bits per heavy atom. The minimum atomic E-state index is -4.15. The van der Waals surface area contributed by atoms with E-state index < -0.39 is 44.3 Å². The van der Waals surface area contributed by atoms with Crippen LogP contribution in [0.3, 0.4) is 0 Å². The van der Waals surface area contributed by atoms with E-state index in [1.807, 2.05) is 6.92 Å². The molecule has 0 radical (unpaired) electrons. The summed E-state index contributed by atoms with van der Waals surface area (Å²) < 4.78 is 26.4. The Kier molecular flexibility index (Phi) is 7.82. The molecular weight excluding hydrogens is 596 g/mol. The van der Waals surface area contributed by atoms with Gasteiger partial charge in [-0.25, -0.2) is 13.4 Å². The molecule has 1 aromatic heterocycles. The second-order valence-corrected chi connectivity index (χ2v) is 12.9. The Morgan fingerprint density at radius 2 is 1.77 bits per heavy atom. The highest BCUT2D eigenvalue weighted by molar-refractivity contribution is 7.97. The lowest BCUT2D eigenvalue weighted by molar-refractivity contribution is -0.508. The van der Waals surface area contributed by atoms with Gasteiger partial charge in [0.1, 0.15) is 4.21 Å². The Balaban J connectivity index is 1.56. The first-order valence-electron chi connectivity index (χ1n) is 12.9. The summed E-state index contributed by atoms with van der Waals surface area (Å²) in [5, 5.41) is 24.5. The van der Waals surface area contributed by atoms with E-state index >= 15 is 0 Å². The van der Waals surface area contributed by atoms with E-state index in [0.29, 0.717) is 22.5 Å². The zero-order valence-corrected chi connectivity index (χ0v) is 24.4. The van der Waals surface area contributed by atoms with Gasteiger partial charge < -0.3 is 10.4 Å². The van der Waals surface area contributed by atoms with E-state index in [9.17, 15) is 38.0 Å². The number of aryl methyl sites for hydroxylation is 1. The number of rotatable bonds is 8. The smallest absolute Gasteiger partial charge is 0.296 e. The molecule has 2 unspecified atom stereocenters. The summed E-state index contributed by atoms with van der Waals surface area (Å²) >= 11 is 0.649. The van der Waals surface area contributed by atoms with Crippen molar-refractivity contribution >= 4 is 43.9 Å². The van der Waals surface area contributed by atoms with Crippen LogP contribution in [0.5, 0.6) is 0 Å². The topological polar surface area (TPSA) is 177 Å². The van der Waals surface area contributed by atoms with Gasteiger partial charge in [-0.05, 0) is 36.8 Å². The number of thiazole rings is 1. The van der Waals surface area contributed by atoms with Gasteiger partial charge in [-0.1, -0.05) is 59.4 Å². The fraction of sp³-hybridized carbons (Fsp3) is 0.172. The van der Waals surface area contributed by atoms with Gasteiger partial charge in [-0.15, -0.1) is 0 Å². The number of carbonyl (C=O) groups is 3. The van der Waals surface area contributed by atoms with Crippen LogP contribution in [0.2, 0.25) is 0 Å². The molecule has 2 atom stereocenters. The predicted molar refractivity (Wildman–Crippen MR) is 157 cm³/mol. The SMILES string of the molecule is CNC(=O)c1ccc(C2C(C(=O)c3ccc(C)cc3)=C(O)C(=O)N2c2ncc(S(=O)(=O)C3=CCC([N+](=O)[O-])C=C3)s2)cc1. The maximum Gasteiger partial charge on any atom is 0.296 e. The number of benzene rings is 2. The lowest BCUT2D eigenvalue weighted by Crippen LogP contribution is -2.31. The van der Waals surface area contributed by atoms with Gasteiger partial charge in [-0.2, -0.15) is 0 Å². The molecule has 2 aliphatic rings. The number of nitrogens with zero attached hydrogens (tertiary/aromatic N) is 3. The molecule has 0 bridgehead atoms. The van der Waals surface area contributed by atoms with E-state index in [1.54, 1.807) is 24.3 Å². The van der Waals surface area contributed by atoms with Crippen molar-refractivity contribution in [3.8, 4) is 0 Å². The number of ketones is 1. The van der Waals surface area contributed by atoms with Crippen LogP contribution >= 0.6 is 11.3 Å². The van der Waals surface area contributed by atoms with E-state index in [-0.39, 0.29) is 37.7 Å². The Morgan fingerprint density at radius 3 is 2.35 bits per heavy atom. The molecular formula is C29H24N4O8S2. The summed E-state index contributed by atoms with van der Waals surface area (Å²) in [6.07, 6.45) is 4.56. The van der Waals surface area contributed by atoms with Gasteiger partial charge in [-0.3, -0.25) is 29.4 Å². The molecule has 1 aliphatic carbocycles. The highest BCUT2D eigenvalue weighted by Gasteiger charge is 2.46. The van der Waals surface area contributed by atoms with Crippen LogP contribution < -0.4 is 10.2 Å². The third-order valence-corrected chi connectivity index (χ3v) is 10.3. The standard InChI is InChI=1S/C29H24N4O8S2/c1-16-3-5-18(6-4-16)25(34)23-24(17-7-9-19(10-8-17)27(36)30-2)32(28(37)26(23)35)29-31-15-22(42-29)43(40,41)21-13-11-20(12-14-21)33(38)39/h3-11,13-15,20,24,35H,12H2,1-2H3,(H,30,36). The maximum absolute atomic E-state index is 13.7. The molecule has 0 saturated carbocycles. The molecule has 1 aliphatic heterocycles. The van der Waals surface area contributed by atoms with Crippen molar-refractivity contribution in [3.05, 3.63) is 122 Å². The quantitative estimate of drug-likeness (QED) is 0.215. The van der Waals surface area contributed by atoms with Gasteiger partial charge in [0.2, 0.25) is 15.9 Å². The second kappa shape index (κ2) is 11.4. The molecule has 12 nitrogen and oxygen atoms in total. The lowest BCUT2D eigenvalue weighted by Gasteiger charge is -2.24. The molecule has 2 amide bonds. The van der Waals surface area contributed by atoms with E-state index in [2.05, 4.69) is 10.3 Å². The number of aromatic nitrogens is 1. The van der Waals surface area contributed by atoms with Crippen LogP contribution in [0.4, 0.5) is 5.13 Å². The van der Waals surface area contributed by atoms with Gasteiger partial charge in [0, 0.05) is 29.5 Å². The first-order valence-corrected chi connectivity index (χ1v) is 15.2. The predicted octanol–water partition coefficient (Wildman–Crippen LogP) is 3.86. The number of aliphatic hydroxyl groups excluding tert-OH is 1. The summed E-state index contributed by atoms with van der Waals surface area (Å²) in [5.41, 5.74) is 1.57. The van der Waals surface area contributed by atoms with E-state index in [4.69, 9.17) is 0 Å². The summed E-state index contributed by atoms with van der Waals surface area (Å²) in [7, 11) is -2.67. The summed E-state index contributed by atoms with van der Waals surface area (Å²) in [6, 6.07) is 10.4. The highest BCUT2D eigenvalue weighted by Crippen LogP contribution is 2.44. The first kappa shape index (κ1) is 29.5. The molecule has 2 N–H and O–H groups in total. The largest absolute Gasteiger partial charge is 0.503 e. The van der Waals surface area contributed by atoms with Crippen LogP contribution in [-0.2, 0) is 14.6 Å². The second-order valence-electron chi connectivity index (χ2n) is 9.76. The van der Waals surface area contributed by atoms with E-state index in [0.717, 1.165) is 22.7 Å². The Bertz CT molecular complexity index is 1860. The number of sulfone groups is 1. The van der Waals surface area contributed by atoms with Crippen LogP contribution in [0.1, 0.15) is 44.3 Å². The zero-order chi connectivity index (χ0) is 31.1. The number of anilines is 1. The monoisotopic (exact) mass is 620 g/mol. The molecule has 43 heavy (non-hydrogen) atoms. The van der Waals surface area contributed by atoms with Crippen LogP contribution in [-0.4, -0.2) is 54.1 Å².